The van der Waals surface area contributed by atoms with E-state index < -0.39 is 0 Å². The van der Waals surface area contributed by atoms with E-state index in [0.717, 1.165) is 17.0 Å². The highest BCUT2D eigenvalue weighted by atomic mass is 16.5. The molecule has 0 amide bonds. The minimum atomic E-state index is 0.491. The average Bonchev–Trinajstić information content (AvgIpc) is 2.52. The second-order valence-corrected chi connectivity index (χ2v) is 5.37. The van der Waals surface area contributed by atoms with Gasteiger partial charge in [0, 0.05) is 6.54 Å². The van der Waals surface area contributed by atoms with E-state index in [9.17, 15) is 0 Å². The molecule has 108 valence electrons. The average molecular weight is 280 g/mol. The second-order valence-electron chi connectivity index (χ2n) is 5.37. The summed E-state index contributed by atoms with van der Waals surface area (Å²) in [6.07, 6.45) is 0. The summed E-state index contributed by atoms with van der Waals surface area (Å²) < 4.78 is 5.82. The molecule has 0 aromatic heterocycles. The van der Waals surface area contributed by atoms with Gasteiger partial charge in [0.2, 0.25) is 0 Å². The standard InChI is InChI=1S/C18H20N2O/c1-14(2)13-21-18-9-4-3-8-17(18)20-12-16-7-5-6-15(10-16)11-19/h3-10,14,20H,12-13H2,1-2H3. The van der Waals surface area contributed by atoms with E-state index in [2.05, 4.69) is 25.2 Å². The molecule has 0 atom stereocenters. The van der Waals surface area contributed by atoms with Gasteiger partial charge >= 0.3 is 0 Å². The van der Waals surface area contributed by atoms with Crippen molar-refractivity contribution in [3.8, 4) is 11.8 Å². The Morgan fingerprint density at radius 2 is 1.95 bits per heavy atom. The van der Waals surface area contributed by atoms with Gasteiger partial charge in [-0.1, -0.05) is 38.1 Å². The van der Waals surface area contributed by atoms with Gasteiger partial charge in [-0.3, -0.25) is 0 Å². The predicted octanol–water partition coefficient (Wildman–Crippen LogP) is 4.21. The molecule has 3 heteroatoms. The molecule has 0 spiro atoms. The molecule has 2 rings (SSSR count). The molecule has 3 nitrogen and oxygen atoms in total. The van der Waals surface area contributed by atoms with E-state index in [0.29, 0.717) is 24.6 Å². The number of nitriles is 1. The first-order chi connectivity index (χ1) is 10.2. The summed E-state index contributed by atoms with van der Waals surface area (Å²) in [5, 5.41) is 12.3. The van der Waals surface area contributed by atoms with Crippen LogP contribution in [0.2, 0.25) is 0 Å². The Hall–Kier alpha value is -2.47. The van der Waals surface area contributed by atoms with Crippen molar-refractivity contribution < 1.29 is 4.74 Å². The first kappa shape index (κ1) is 14.9. The van der Waals surface area contributed by atoms with Crippen LogP contribution in [0.1, 0.15) is 25.0 Å². The molecule has 0 saturated heterocycles. The fourth-order valence-corrected chi connectivity index (χ4v) is 1.94. The Bertz CT molecular complexity index is 629. The van der Waals surface area contributed by atoms with Crippen molar-refractivity contribution in [2.45, 2.75) is 20.4 Å². The fourth-order valence-electron chi connectivity index (χ4n) is 1.94. The molecule has 0 aliphatic heterocycles. The number of para-hydroxylation sites is 2. The maximum absolute atomic E-state index is 8.92. The zero-order valence-electron chi connectivity index (χ0n) is 12.5. The van der Waals surface area contributed by atoms with Gasteiger partial charge in [-0.05, 0) is 35.7 Å². The molecule has 0 heterocycles. The van der Waals surface area contributed by atoms with Crippen LogP contribution in [0.3, 0.4) is 0 Å². The number of anilines is 1. The number of hydrogen-bond acceptors (Lipinski definition) is 3. The summed E-state index contributed by atoms with van der Waals surface area (Å²) in [4.78, 5) is 0. The molecule has 21 heavy (non-hydrogen) atoms. The molecule has 0 fully saturated rings. The number of nitrogens with one attached hydrogen (secondary N) is 1. The van der Waals surface area contributed by atoms with Crippen molar-refractivity contribution in [3.05, 3.63) is 59.7 Å². The van der Waals surface area contributed by atoms with E-state index in [-0.39, 0.29) is 0 Å². The summed E-state index contributed by atoms with van der Waals surface area (Å²) in [5.41, 5.74) is 2.73. The summed E-state index contributed by atoms with van der Waals surface area (Å²) in [7, 11) is 0. The first-order valence-electron chi connectivity index (χ1n) is 7.14. The quantitative estimate of drug-likeness (QED) is 0.862. The molecule has 0 unspecified atom stereocenters. The van der Waals surface area contributed by atoms with Crippen LogP contribution in [-0.2, 0) is 6.54 Å². The molecule has 0 aliphatic carbocycles. The highest BCUT2D eigenvalue weighted by molar-refractivity contribution is 5.56. The van der Waals surface area contributed by atoms with Gasteiger partial charge in [-0.2, -0.15) is 5.26 Å². The number of rotatable bonds is 6. The van der Waals surface area contributed by atoms with Crippen LogP contribution in [0.4, 0.5) is 5.69 Å². The van der Waals surface area contributed by atoms with Crippen molar-refractivity contribution in [1.82, 2.24) is 0 Å². The lowest BCUT2D eigenvalue weighted by Gasteiger charge is -2.14. The van der Waals surface area contributed by atoms with E-state index >= 15 is 0 Å². The van der Waals surface area contributed by atoms with Gasteiger partial charge in [0.25, 0.3) is 0 Å². The lowest BCUT2D eigenvalue weighted by Crippen LogP contribution is -2.07. The lowest BCUT2D eigenvalue weighted by molar-refractivity contribution is 0.272. The third kappa shape index (κ3) is 4.54. The van der Waals surface area contributed by atoms with Crippen molar-refractivity contribution in [2.75, 3.05) is 11.9 Å². The van der Waals surface area contributed by atoms with Crippen molar-refractivity contribution in [1.29, 1.82) is 5.26 Å². The third-order valence-corrected chi connectivity index (χ3v) is 3.00. The Balaban J connectivity index is 2.04. The Kier molecular flexibility index (Phi) is 5.22. The maximum atomic E-state index is 8.92. The Morgan fingerprint density at radius 1 is 1.14 bits per heavy atom. The maximum Gasteiger partial charge on any atom is 0.142 e. The topological polar surface area (TPSA) is 45.0 Å². The van der Waals surface area contributed by atoms with Crippen LogP contribution < -0.4 is 10.1 Å². The van der Waals surface area contributed by atoms with Crippen LogP contribution in [-0.4, -0.2) is 6.61 Å². The molecule has 1 N–H and O–H groups in total. The smallest absolute Gasteiger partial charge is 0.142 e. The van der Waals surface area contributed by atoms with E-state index in [4.69, 9.17) is 10.00 Å². The number of hydrogen-bond donors (Lipinski definition) is 1. The molecule has 0 radical (unpaired) electrons. The third-order valence-electron chi connectivity index (χ3n) is 3.00. The van der Waals surface area contributed by atoms with Gasteiger partial charge < -0.3 is 10.1 Å². The second kappa shape index (κ2) is 7.35. The number of ether oxygens (including phenoxy) is 1. The fraction of sp³-hybridized carbons (Fsp3) is 0.278. The van der Waals surface area contributed by atoms with Gasteiger partial charge in [0.05, 0.1) is 23.9 Å². The van der Waals surface area contributed by atoms with Crippen LogP contribution in [0.25, 0.3) is 0 Å². The first-order valence-corrected chi connectivity index (χ1v) is 7.14. The van der Waals surface area contributed by atoms with E-state index in [1.54, 1.807) is 0 Å². The van der Waals surface area contributed by atoms with Gasteiger partial charge in [0.15, 0.2) is 0 Å². The lowest BCUT2D eigenvalue weighted by atomic mass is 10.1. The summed E-state index contributed by atoms with van der Waals surface area (Å²) in [6.45, 7) is 5.62. The van der Waals surface area contributed by atoms with Crippen LogP contribution in [0.5, 0.6) is 5.75 Å². The van der Waals surface area contributed by atoms with Gasteiger partial charge in [0.1, 0.15) is 5.75 Å². The largest absolute Gasteiger partial charge is 0.491 e. The predicted molar refractivity (Wildman–Crippen MR) is 85.3 cm³/mol. The van der Waals surface area contributed by atoms with Crippen molar-refractivity contribution >= 4 is 5.69 Å². The molecule has 0 aliphatic rings. The minimum Gasteiger partial charge on any atom is -0.491 e. The van der Waals surface area contributed by atoms with Crippen molar-refractivity contribution in [2.24, 2.45) is 5.92 Å². The molecular formula is C18H20N2O. The number of nitrogens with zero attached hydrogens (tertiary/aromatic N) is 1. The van der Waals surface area contributed by atoms with Crippen molar-refractivity contribution in [3.63, 3.8) is 0 Å². The molecule has 2 aromatic rings. The zero-order valence-corrected chi connectivity index (χ0v) is 12.5. The highest BCUT2D eigenvalue weighted by Crippen LogP contribution is 2.24. The molecular weight excluding hydrogens is 260 g/mol. The van der Waals surface area contributed by atoms with Crippen LogP contribution >= 0.6 is 0 Å². The SMILES string of the molecule is CC(C)COc1ccccc1NCc1cccc(C#N)c1. The highest BCUT2D eigenvalue weighted by Gasteiger charge is 2.04. The summed E-state index contributed by atoms with van der Waals surface area (Å²) >= 11 is 0. The molecule has 2 aromatic carbocycles. The minimum absolute atomic E-state index is 0.491. The monoisotopic (exact) mass is 280 g/mol. The zero-order chi connectivity index (χ0) is 15.1. The van der Waals surface area contributed by atoms with Crippen LogP contribution in [0.15, 0.2) is 48.5 Å². The summed E-state index contributed by atoms with van der Waals surface area (Å²) in [6, 6.07) is 17.7. The van der Waals surface area contributed by atoms with Gasteiger partial charge in [-0.15, -0.1) is 0 Å². The summed E-state index contributed by atoms with van der Waals surface area (Å²) in [5.74, 6) is 1.35. The number of benzene rings is 2. The molecule has 0 bridgehead atoms. The van der Waals surface area contributed by atoms with Crippen LogP contribution in [0, 0.1) is 17.2 Å². The normalized spacial score (nSPS) is 10.2. The molecule has 0 saturated carbocycles. The van der Waals surface area contributed by atoms with E-state index in [1.165, 1.54) is 0 Å². The Morgan fingerprint density at radius 3 is 2.71 bits per heavy atom. The van der Waals surface area contributed by atoms with Gasteiger partial charge in [-0.25, -0.2) is 0 Å². The van der Waals surface area contributed by atoms with E-state index in [1.807, 2.05) is 48.5 Å². The Labute approximate surface area is 126 Å².